The van der Waals surface area contributed by atoms with Crippen LogP contribution in [0.3, 0.4) is 0 Å². The Kier molecular flexibility index (Phi) is 5.41. The number of carbonyl (C=O) groups is 2. The molecule has 0 aromatic carbocycles. The lowest BCUT2D eigenvalue weighted by Crippen LogP contribution is -2.52. The summed E-state index contributed by atoms with van der Waals surface area (Å²) >= 11 is 0. The standard InChI is InChI=1S/C21H30N4O2/c1-14-12-23-19(13-22-14)21(27)24-16-10-17-7-8-18(11-16)25(17)20(26)9-15-5-3-2-4-6-15/h12-13,15-18H,2-11H2,1H3,(H,24,27). The molecule has 3 fully saturated rings. The third kappa shape index (κ3) is 4.14. The molecule has 2 unspecified atom stereocenters. The summed E-state index contributed by atoms with van der Waals surface area (Å²) in [6, 6.07) is 0.695. The molecule has 1 aliphatic carbocycles. The maximum atomic E-state index is 12.9. The van der Waals surface area contributed by atoms with Gasteiger partial charge in [0.1, 0.15) is 5.69 Å². The van der Waals surface area contributed by atoms with Gasteiger partial charge in [-0.15, -0.1) is 0 Å². The number of nitrogens with one attached hydrogen (secondary N) is 1. The Morgan fingerprint density at radius 1 is 1.04 bits per heavy atom. The van der Waals surface area contributed by atoms with Crippen molar-refractivity contribution in [1.29, 1.82) is 0 Å². The molecule has 2 atom stereocenters. The highest BCUT2D eigenvalue weighted by atomic mass is 16.2. The lowest BCUT2D eigenvalue weighted by Gasteiger charge is -2.40. The molecule has 1 aromatic heterocycles. The van der Waals surface area contributed by atoms with Gasteiger partial charge in [0.15, 0.2) is 0 Å². The molecule has 146 valence electrons. The third-order valence-electron chi connectivity index (χ3n) is 6.56. The van der Waals surface area contributed by atoms with Crippen LogP contribution in [0.1, 0.15) is 80.4 Å². The summed E-state index contributed by atoms with van der Waals surface area (Å²) in [4.78, 5) is 35.9. The van der Waals surface area contributed by atoms with Crippen LogP contribution < -0.4 is 5.32 Å². The third-order valence-corrected chi connectivity index (χ3v) is 6.56. The van der Waals surface area contributed by atoms with E-state index in [1.807, 2.05) is 6.92 Å². The van der Waals surface area contributed by atoms with Crippen LogP contribution >= 0.6 is 0 Å². The zero-order valence-electron chi connectivity index (χ0n) is 16.2. The zero-order chi connectivity index (χ0) is 18.8. The van der Waals surface area contributed by atoms with Crippen LogP contribution in [-0.2, 0) is 4.79 Å². The highest BCUT2D eigenvalue weighted by molar-refractivity contribution is 5.92. The summed E-state index contributed by atoms with van der Waals surface area (Å²) in [5.74, 6) is 0.778. The van der Waals surface area contributed by atoms with E-state index in [0.29, 0.717) is 17.5 Å². The van der Waals surface area contributed by atoms with E-state index in [-0.39, 0.29) is 24.0 Å². The van der Waals surface area contributed by atoms with Crippen LogP contribution in [0.15, 0.2) is 12.4 Å². The minimum Gasteiger partial charge on any atom is -0.348 e. The number of nitrogens with zero attached hydrogens (tertiary/aromatic N) is 3. The molecular weight excluding hydrogens is 340 g/mol. The van der Waals surface area contributed by atoms with Gasteiger partial charge in [-0.05, 0) is 51.4 Å². The van der Waals surface area contributed by atoms with E-state index < -0.39 is 0 Å². The van der Waals surface area contributed by atoms with Gasteiger partial charge in [-0.2, -0.15) is 0 Å². The zero-order valence-corrected chi connectivity index (χ0v) is 16.2. The number of amides is 2. The van der Waals surface area contributed by atoms with E-state index in [2.05, 4.69) is 20.2 Å². The number of hydrogen-bond acceptors (Lipinski definition) is 4. The molecule has 3 heterocycles. The number of aryl methyl sites for hydroxylation is 1. The number of piperidine rings is 1. The lowest BCUT2D eigenvalue weighted by atomic mass is 9.86. The molecule has 6 nitrogen and oxygen atoms in total. The predicted octanol–water partition coefficient (Wildman–Crippen LogP) is 3.01. The molecule has 2 aliphatic heterocycles. The van der Waals surface area contributed by atoms with Gasteiger partial charge >= 0.3 is 0 Å². The van der Waals surface area contributed by atoms with Gasteiger partial charge in [0, 0.05) is 30.7 Å². The van der Waals surface area contributed by atoms with Crippen LogP contribution in [0.2, 0.25) is 0 Å². The fourth-order valence-electron chi connectivity index (χ4n) is 5.21. The van der Waals surface area contributed by atoms with Gasteiger partial charge in [0.2, 0.25) is 5.91 Å². The van der Waals surface area contributed by atoms with Gasteiger partial charge in [-0.25, -0.2) is 4.98 Å². The van der Waals surface area contributed by atoms with Crippen molar-refractivity contribution in [3.63, 3.8) is 0 Å². The molecule has 2 amide bonds. The Morgan fingerprint density at radius 2 is 1.74 bits per heavy atom. The van der Waals surface area contributed by atoms with Gasteiger partial charge in [-0.3, -0.25) is 14.6 Å². The van der Waals surface area contributed by atoms with Crippen molar-refractivity contribution in [2.75, 3.05) is 0 Å². The first-order valence-corrected chi connectivity index (χ1v) is 10.5. The highest BCUT2D eigenvalue weighted by Crippen LogP contribution is 2.37. The van der Waals surface area contributed by atoms with Crippen LogP contribution in [0.5, 0.6) is 0 Å². The molecule has 1 N–H and O–H groups in total. The van der Waals surface area contributed by atoms with E-state index in [1.165, 1.54) is 38.3 Å². The highest BCUT2D eigenvalue weighted by Gasteiger charge is 2.43. The second kappa shape index (κ2) is 7.95. The van der Waals surface area contributed by atoms with E-state index in [9.17, 15) is 9.59 Å². The van der Waals surface area contributed by atoms with E-state index >= 15 is 0 Å². The van der Waals surface area contributed by atoms with E-state index in [4.69, 9.17) is 0 Å². The fraction of sp³-hybridized carbons (Fsp3) is 0.714. The maximum Gasteiger partial charge on any atom is 0.271 e. The molecule has 1 saturated carbocycles. The number of carbonyl (C=O) groups excluding carboxylic acids is 2. The van der Waals surface area contributed by atoms with Crippen molar-refractivity contribution in [2.45, 2.75) is 89.3 Å². The first kappa shape index (κ1) is 18.4. The molecule has 3 aliphatic rings. The smallest absolute Gasteiger partial charge is 0.271 e. The SMILES string of the molecule is Cc1cnc(C(=O)NC2CC3CCC(C2)N3C(=O)CC2CCCCC2)cn1. The second-order valence-electron chi connectivity index (χ2n) is 8.58. The lowest BCUT2D eigenvalue weighted by molar-refractivity contribution is -0.137. The van der Waals surface area contributed by atoms with Gasteiger partial charge in [-0.1, -0.05) is 19.3 Å². The van der Waals surface area contributed by atoms with Crippen LogP contribution in [0, 0.1) is 12.8 Å². The minimum atomic E-state index is -0.158. The predicted molar refractivity (Wildman–Crippen MR) is 102 cm³/mol. The number of aromatic nitrogens is 2. The fourth-order valence-corrected chi connectivity index (χ4v) is 5.21. The maximum absolute atomic E-state index is 12.9. The largest absolute Gasteiger partial charge is 0.348 e. The number of hydrogen-bond donors (Lipinski definition) is 1. The summed E-state index contributed by atoms with van der Waals surface area (Å²) in [5.41, 5.74) is 1.16. The Bertz CT molecular complexity index is 670. The Morgan fingerprint density at radius 3 is 2.37 bits per heavy atom. The van der Waals surface area contributed by atoms with Gasteiger partial charge in [0.05, 0.1) is 11.9 Å². The molecule has 1 aromatic rings. The van der Waals surface area contributed by atoms with E-state index in [0.717, 1.165) is 37.8 Å². The molecule has 6 heteroatoms. The van der Waals surface area contributed by atoms with Crippen molar-refractivity contribution < 1.29 is 9.59 Å². The van der Waals surface area contributed by atoms with Crippen molar-refractivity contribution >= 4 is 11.8 Å². The van der Waals surface area contributed by atoms with Gasteiger partial charge < -0.3 is 10.2 Å². The number of rotatable bonds is 4. The Hall–Kier alpha value is -1.98. The summed E-state index contributed by atoms with van der Waals surface area (Å²) < 4.78 is 0. The Labute approximate surface area is 161 Å². The van der Waals surface area contributed by atoms with Gasteiger partial charge in [0.25, 0.3) is 5.91 Å². The summed E-state index contributed by atoms with van der Waals surface area (Å²) in [6.45, 7) is 1.85. The molecule has 27 heavy (non-hydrogen) atoms. The topological polar surface area (TPSA) is 75.2 Å². The molecular formula is C21H30N4O2. The van der Waals surface area contributed by atoms with Crippen molar-refractivity contribution in [3.05, 3.63) is 23.8 Å². The average molecular weight is 370 g/mol. The van der Waals surface area contributed by atoms with Crippen LogP contribution in [0.25, 0.3) is 0 Å². The van der Waals surface area contributed by atoms with Crippen molar-refractivity contribution in [2.24, 2.45) is 5.92 Å². The normalized spacial score (nSPS) is 28.2. The Balaban J connectivity index is 1.33. The first-order valence-electron chi connectivity index (χ1n) is 10.5. The van der Waals surface area contributed by atoms with Crippen LogP contribution in [-0.4, -0.2) is 44.8 Å². The quantitative estimate of drug-likeness (QED) is 0.884. The molecule has 0 spiro atoms. The van der Waals surface area contributed by atoms with E-state index in [1.54, 1.807) is 6.20 Å². The monoisotopic (exact) mass is 370 g/mol. The van der Waals surface area contributed by atoms with Crippen molar-refractivity contribution in [3.8, 4) is 0 Å². The molecule has 2 saturated heterocycles. The first-order chi connectivity index (χ1) is 13.1. The second-order valence-corrected chi connectivity index (χ2v) is 8.58. The molecule has 4 rings (SSSR count). The number of fused-ring (bicyclic) bond motifs is 2. The van der Waals surface area contributed by atoms with Crippen molar-refractivity contribution in [1.82, 2.24) is 20.2 Å². The summed E-state index contributed by atoms with van der Waals surface area (Å²) in [6.07, 6.45) is 14.0. The van der Waals surface area contributed by atoms with Crippen LogP contribution in [0.4, 0.5) is 0 Å². The minimum absolute atomic E-state index is 0.122. The molecule has 0 radical (unpaired) electrons. The summed E-state index contributed by atoms with van der Waals surface area (Å²) in [7, 11) is 0. The average Bonchev–Trinajstić information content (AvgIpc) is 2.94. The summed E-state index contributed by atoms with van der Waals surface area (Å²) in [5, 5.41) is 3.12. The molecule has 2 bridgehead atoms.